The average molecular weight is 404 g/mol. The molecule has 1 atom stereocenters. The highest BCUT2D eigenvalue weighted by atomic mass is 19.1. The molecule has 3 aromatic rings. The number of hydrogen-bond donors (Lipinski definition) is 2. The van der Waals surface area contributed by atoms with Crippen molar-refractivity contribution >= 4 is 17.0 Å². The molecule has 2 N–H and O–H groups in total. The van der Waals surface area contributed by atoms with E-state index in [-0.39, 0.29) is 18.5 Å². The Hall–Kier alpha value is -2.96. The van der Waals surface area contributed by atoms with E-state index < -0.39 is 23.5 Å². The van der Waals surface area contributed by atoms with Gasteiger partial charge in [-0.15, -0.1) is 0 Å². The first-order chi connectivity index (χ1) is 13.9. The molecular weight excluding hydrogens is 381 g/mol. The number of amides is 1. The Balaban J connectivity index is 1.84. The number of fused-ring (bicyclic) bond motifs is 1. The molecule has 1 aromatic heterocycles. The Kier molecular flexibility index (Phi) is 6.46. The zero-order valence-electron chi connectivity index (χ0n) is 16.3. The van der Waals surface area contributed by atoms with Gasteiger partial charge < -0.3 is 15.0 Å². The van der Waals surface area contributed by atoms with Gasteiger partial charge in [0.1, 0.15) is 17.5 Å². The van der Waals surface area contributed by atoms with Crippen molar-refractivity contribution in [2.75, 3.05) is 13.2 Å². The smallest absolute Gasteiger partial charge is 0.407 e. The van der Waals surface area contributed by atoms with Crippen LogP contribution in [-0.2, 0) is 11.2 Å². The molecular formula is C22H23F3N2O2. The summed E-state index contributed by atoms with van der Waals surface area (Å²) in [6.45, 7) is 4.60. The largest absolute Gasteiger partial charge is 0.449 e. The molecule has 1 unspecified atom stereocenters. The maximum absolute atomic E-state index is 14.3. The van der Waals surface area contributed by atoms with E-state index in [1.165, 1.54) is 18.2 Å². The van der Waals surface area contributed by atoms with Crippen LogP contribution in [0.1, 0.15) is 25.8 Å². The maximum atomic E-state index is 14.3. The zero-order valence-corrected chi connectivity index (χ0v) is 16.3. The monoisotopic (exact) mass is 404 g/mol. The normalized spacial score (nSPS) is 12.2. The predicted octanol–water partition coefficient (Wildman–Crippen LogP) is 5.57. The van der Waals surface area contributed by atoms with Gasteiger partial charge in [0.25, 0.3) is 0 Å². The minimum atomic E-state index is -0.721. The third-order valence-electron chi connectivity index (χ3n) is 4.94. The van der Waals surface area contributed by atoms with Crippen molar-refractivity contribution in [3.63, 3.8) is 0 Å². The maximum Gasteiger partial charge on any atom is 0.407 e. The van der Waals surface area contributed by atoms with Gasteiger partial charge in [0.05, 0.1) is 12.1 Å². The molecule has 0 aliphatic carbocycles. The molecule has 0 saturated heterocycles. The van der Waals surface area contributed by atoms with Crippen molar-refractivity contribution < 1.29 is 22.7 Å². The third kappa shape index (κ3) is 4.91. The lowest BCUT2D eigenvalue weighted by Crippen LogP contribution is -2.29. The molecule has 0 fully saturated rings. The zero-order chi connectivity index (χ0) is 21.0. The van der Waals surface area contributed by atoms with E-state index >= 15 is 0 Å². The Labute approximate surface area is 167 Å². The van der Waals surface area contributed by atoms with Crippen molar-refractivity contribution in [2.24, 2.45) is 5.92 Å². The average Bonchev–Trinajstić information content (AvgIpc) is 3.05. The number of aromatic amines is 1. The summed E-state index contributed by atoms with van der Waals surface area (Å²) in [4.78, 5) is 14.8. The number of rotatable bonds is 7. The topological polar surface area (TPSA) is 54.1 Å². The first-order valence-electron chi connectivity index (χ1n) is 9.55. The number of nitrogens with one attached hydrogen (secondary N) is 2. The van der Waals surface area contributed by atoms with Gasteiger partial charge in [-0.25, -0.2) is 18.0 Å². The summed E-state index contributed by atoms with van der Waals surface area (Å²) >= 11 is 0. The van der Waals surface area contributed by atoms with Gasteiger partial charge in [-0.05, 0) is 47.4 Å². The molecule has 0 aliphatic rings. The number of alkyl carbamates (subject to hydrolysis) is 1. The highest BCUT2D eigenvalue weighted by Crippen LogP contribution is 2.33. The van der Waals surface area contributed by atoms with Crippen LogP contribution in [0.15, 0.2) is 36.4 Å². The van der Waals surface area contributed by atoms with E-state index in [4.69, 9.17) is 4.74 Å². The summed E-state index contributed by atoms with van der Waals surface area (Å²) in [6, 6.07) is 7.73. The Morgan fingerprint density at radius 1 is 1.14 bits per heavy atom. The number of aromatic nitrogens is 1. The number of benzene rings is 2. The molecule has 0 aliphatic heterocycles. The van der Waals surface area contributed by atoms with E-state index in [1.54, 1.807) is 12.1 Å². The SMILES string of the molecule is CCC(C)CNC(=O)OCCc1c(-c2ccc(F)cc2)[nH]c2c(F)cc(F)cc12. The van der Waals surface area contributed by atoms with E-state index in [2.05, 4.69) is 10.3 Å². The van der Waals surface area contributed by atoms with Crippen molar-refractivity contribution in [2.45, 2.75) is 26.7 Å². The number of H-pyrrole nitrogens is 1. The molecule has 7 heteroatoms. The summed E-state index contributed by atoms with van der Waals surface area (Å²) in [5.74, 6) is -1.48. The van der Waals surface area contributed by atoms with E-state index in [0.29, 0.717) is 34.7 Å². The molecule has 154 valence electrons. The number of hydrogen-bond acceptors (Lipinski definition) is 2. The summed E-state index contributed by atoms with van der Waals surface area (Å²) < 4.78 is 46.6. The van der Waals surface area contributed by atoms with Crippen LogP contribution in [0.25, 0.3) is 22.2 Å². The fourth-order valence-corrected chi connectivity index (χ4v) is 3.10. The molecule has 3 rings (SSSR count). The Bertz CT molecular complexity index is 999. The molecule has 0 bridgehead atoms. The van der Waals surface area contributed by atoms with Crippen LogP contribution >= 0.6 is 0 Å². The second-order valence-electron chi connectivity index (χ2n) is 7.08. The second-order valence-corrected chi connectivity index (χ2v) is 7.08. The number of carbonyl (C=O) groups excluding carboxylic acids is 1. The number of halogens is 3. The molecule has 2 aromatic carbocycles. The lowest BCUT2D eigenvalue weighted by atomic mass is 10.0. The van der Waals surface area contributed by atoms with Gasteiger partial charge in [0.2, 0.25) is 0 Å². The minimum absolute atomic E-state index is 0.0334. The summed E-state index contributed by atoms with van der Waals surface area (Å²) in [7, 11) is 0. The van der Waals surface area contributed by atoms with Gasteiger partial charge in [-0.1, -0.05) is 20.3 Å². The van der Waals surface area contributed by atoms with Gasteiger partial charge >= 0.3 is 6.09 Å². The number of carbonyl (C=O) groups is 1. The van der Waals surface area contributed by atoms with Crippen LogP contribution in [0, 0.1) is 23.4 Å². The van der Waals surface area contributed by atoms with E-state index in [9.17, 15) is 18.0 Å². The highest BCUT2D eigenvalue weighted by molar-refractivity contribution is 5.91. The van der Waals surface area contributed by atoms with E-state index in [0.717, 1.165) is 12.5 Å². The van der Waals surface area contributed by atoms with Crippen LogP contribution in [0.4, 0.5) is 18.0 Å². The van der Waals surface area contributed by atoms with Crippen LogP contribution in [0.2, 0.25) is 0 Å². The number of ether oxygens (including phenoxy) is 1. The molecule has 1 amide bonds. The Morgan fingerprint density at radius 3 is 2.55 bits per heavy atom. The van der Waals surface area contributed by atoms with Crippen LogP contribution in [0.3, 0.4) is 0 Å². The molecule has 29 heavy (non-hydrogen) atoms. The highest BCUT2D eigenvalue weighted by Gasteiger charge is 2.18. The van der Waals surface area contributed by atoms with Gasteiger partial charge in [0, 0.05) is 30.1 Å². The van der Waals surface area contributed by atoms with Crippen molar-refractivity contribution in [3.05, 3.63) is 59.4 Å². The van der Waals surface area contributed by atoms with Crippen LogP contribution in [-0.4, -0.2) is 24.2 Å². The standard InChI is InChI=1S/C22H23F3N2O2/c1-3-13(2)12-26-22(28)29-9-8-17-18-10-16(24)11-19(25)21(18)27-20(17)14-4-6-15(23)7-5-14/h4-7,10-11,13,27H,3,8-9,12H2,1-2H3,(H,26,28). The summed E-state index contributed by atoms with van der Waals surface area (Å²) in [5.41, 5.74) is 1.91. The molecule has 4 nitrogen and oxygen atoms in total. The van der Waals surface area contributed by atoms with Gasteiger partial charge in [-0.3, -0.25) is 0 Å². The van der Waals surface area contributed by atoms with Gasteiger partial charge in [0.15, 0.2) is 0 Å². The fourth-order valence-electron chi connectivity index (χ4n) is 3.10. The first-order valence-corrected chi connectivity index (χ1v) is 9.55. The van der Waals surface area contributed by atoms with Crippen LogP contribution < -0.4 is 5.32 Å². The van der Waals surface area contributed by atoms with Gasteiger partial charge in [-0.2, -0.15) is 0 Å². The Morgan fingerprint density at radius 2 is 1.86 bits per heavy atom. The first kappa shape index (κ1) is 20.8. The molecule has 0 saturated carbocycles. The third-order valence-corrected chi connectivity index (χ3v) is 4.94. The molecule has 1 heterocycles. The lowest BCUT2D eigenvalue weighted by molar-refractivity contribution is 0.146. The predicted molar refractivity (Wildman–Crippen MR) is 106 cm³/mol. The molecule has 0 radical (unpaired) electrons. The quantitative estimate of drug-likeness (QED) is 0.541. The fraction of sp³-hybridized carbons (Fsp3) is 0.318. The summed E-state index contributed by atoms with van der Waals surface area (Å²) in [6.07, 6.45) is 0.644. The van der Waals surface area contributed by atoms with Crippen molar-refractivity contribution in [1.82, 2.24) is 10.3 Å². The van der Waals surface area contributed by atoms with Crippen LogP contribution in [0.5, 0.6) is 0 Å². The molecule has 0 spiro atoms. The summed E-state index contributed by atoms with van der Waals surface area (Å²) in [5, 5.41) is 3.06. The van der Waals surface area contributed by atoms with E-state index in [1.807, 2.05) is 13.8 Å². The minimum Gasteiger partial charge on any atom is -0.449 e. The van der Waals surface area contributed by atoms with Crippen molar-refractivity contribution in [1.29, 1.82) is 0 Å². The van der Waals surface area contributed by atoms with Crippen molar-refractivity contribution in [3.8, 4) is 11.3 Å². The lowest BCUT2D eigenvalue weighted by Gasteiger charge is -2.11. The second kappa shape index (κ2) is 9.03.